The summed E-state index contributed by atoms with van der Waals surface area (Å²) in [6.45, 7) is 6.66. The van der Waals surface area contributed by atoms with Crippen molar-refractivity contribution in [3.8, 4) is 0 Å². The quantitative estimate of drug-likeness (QED) is 0.0261. The zero-order valence-electron chi connectivity index (χ0n) is 48.3. The van der Waals surface area contributed by atoms with Crippen molar-refractivity contribution in [3.63, 3.8) is 0 Å². The molecule has 0 bridgehead atoms. The van der Waals surface area contributed by atoms with Gasteiger partial charge in [-0.1, -0.05) is 322 Å². The molecule has 1 atom stereocenters. The summed E-state index contributed by atoms with van der Waals surface area (Å²) in [4.78, 5) is 38.1. The Bertz CT molecular complexity index is 1100. The zero-order valence-corrected chi connectivity index (χ0v) is 48.3. The van der Waals surface area contributed by atoms with Gasteiger partial charge in [0.1, 0.15) is 13.2 Å². The second-order valence-electron chi connectivity index (χ2n) is 22.0. The summed E-state index contributed by atoms with van der Waals surface area (Å²) >= 11 is 0. The smallest absolute Gasteiger partial charge is 0.306 e. The third-order valence-electron chi connectivity index (χ3n) is 14.8. The fourth-order valence-electron chi connectivity index (χ4n) is 9.90. The summed E-state index contributed by atoms with van der Waals surface area (Å²) in [6.07, 6.45) is 71.0. The Kier molecular flexibility index (Phi) is 59.1. The molecule has 0 aromatic heterocycles. The Balaban J connectivity index is 4.05. The number of carbonyl (C=O) groups is 3. The van der Waals surface area contributed by atoms with Crippen LogP contribution in [0.15, 0.2) is 12.2 Å². The number of unbranched alkanes of at least 4 members (excludes halogenated alkanes) is 47. The van der Waals surface area contributed by atoms with Gasteiger partial charge in [0.15, 0.2) is 6.10 Å². The van der Waals surface area contributed by atoms with Gasteiger partial charge in [-0.15, -0.1) is 0 Å². The van der Waals surface area contributed by atoms with Gasteiger partial charge in [-0.3, -0.25) is 14.4 Å². The second-order valence-corrected chi connectivity index (χ2v) is 22.0. The van der Waals surface area contributed by atoms with E-state index in [0.717, 1.165) is 64.2 Å². The molecule has 0 amide bonds. The van der Waals surface area contributed by atoms with Crippen LogP contribution in [0.2, 0.25) is 0 Å². The summed E-state index contributed by atoms with van der Waals surface area (Å²) in [7, 11) is 0. The van der Waals surface area contributed by atoms with Crippen LogP contribution < -0.4 is 0 Å². The maximum absolute atomic E-state index is 12.8. The molecule has 0 aromatic carbocycles. The van der Waals surface area contributed by atoms with Crippen LogP contribution >= 0.6 is 0 Å². The van der Waals surface area contributed by atoms with Crippen LogP contribution in [0.1, 0.15) is 367 Å². The molecule has 0 heterocycles. The molecule has 6 nitrogen and oxygen atoms in total. The molecule has 71 heavy (non-hydrogen) atoms. The molecule has 1 unspecified atom stereocenters. The highest BCUT2D eigenvalue weighted by atomic mass is 16.6. The van der Waals surface area contributed by atoms with Crippen molar-refractivity contribution in [2.24, 2.45) is 0 Å². The monoisotopic (exact) mass is 1000 g/mol. The second kappa shape index (κ2) is 60.7. The van der Waals surface area contributed by atoms with Gasteiger partial charge in [0.25, 0.3) is 0 Å². The molecule has 0 spiro atoms. The summed E-state index contributed by atoms with van der Waals surface area (Å²) in [5.74, 6) is -0.852. The predicted octanol–water partition coefficient (Wildman–Crippen LogP) is 21.7. The van der Waals surface area contributed by atoms with Crippen molar-refractivity contribution in [2.45, 2.75) is 374 Å². The van der Waals surface area contributed by atoms with Crippen molar-refractivity contribution in [1.29, 1.82) is 0 Å². The van der Waals surface area contributed by atoms with E-state index >= 15 is 0 Å². The Labute approximate surface area is 443 Å². The highest BCUT2D eigenvalue weighted by Gasteiger charge is 2.19. The molecule has 0 aromatic rings. The van der Waals surface area contributed by atoms with E-state index in [1.54, 1.807) is 0 Å². The Morgan fingerprint density at radius 3 is 0.746 bits per heavy atom. The Morgan fingerprint density at radius 2 is 0.479 bits per heavy atom. The molecule has 0 rings (SSSR count). The third-order valence-corrected chi connectivity index (χ3v) is 14.8. The number of hydrogen-bond acceptors (Lipinski definition) is 6. The fraction of sp³-hybridized carbons (Fsp3) is 0.923. The maximum Gasteiger partial charge on any atom is 0.306 e. The van der Waals surface area contributed by atoms with E-state index in [0.29, 0.717) is 19.3 Å². The molecule has 0 aliphatic carbocycles. The van der Waals surface area contributed by atoms with Gasteiger partial charge in [0, 0.05) is 19.3 Å². The van der Waals surface area contributed by atoms with Crippen molar-refractivity contribution in [1.82, 2.24) is 0 Å². The molecule has 0 aliphatic rings. The number of rotatable bonds is 60. The normalized spacial score (nSPS) is 12.0. The molecule has 0 saturated carbocycles. The number of hydrogen-bond donors (Lipinski definition) is 0. The van der Waals surface area contributed by atoms with Crippen LogP contribution in [0.4, 0.5) is 0 Å². The van der Waals surface area contributed by atoms with E-state index in [1.807, 2.05) is 0 Å². The van der Waals surface area contributed by atoms with Gasteiger partial charge in [-0.05, 0) is 38.5 Å². The average molecular weight is 1000 g/mol. The maximum atomic E-state index is 12.8. The van der Waals surface area contributed by atoms with Crippen LogP contribution in [0, 0.1) is 0 Å². The van der Waals surface area contributed by atoms with E-state index in [-0.39, 0.29) is 31.1 Å². The molecule has 0 radical (unpaired) electrons. The molecule has 0 fully saturated rings. The van der Waals surface area contributed by atoms with Crippen molar-refractivity contribution in [3.05, 3.63) is 12.2 Å². The minimum Gasteiger partial charge on any atom is -0.462 e. The van der Waals surface area contributed by atoms with Crippen LogP contribution in [0.3, 0.4) is 0 Å². The fourth-order valence-corrected chi connectivity index (χ4v) is 9.90. The summed E-state index contributed by atoms with van der Waals surface area (Å²) < 4.78 is 16.9. The van der Waals surface area contributed by atoms with Gasteiger partial charge in [-0.25, -0.2) is 0 Å². The molecule has 0 aliphatic heterocycles. The first-order valence-electron chi connectivity index (χ1n) is 32.2. The SMILES string of the molecule is CCCC/C=C\CCCCCCCC(=O)OCC(COC(=O)CCCCCCCCCCCCCCCCCCCCCCCCCCCCCCC)OC(=O)CCCCCCCCCCCCCCC. The van der Waals surface area contributed by atoms with Crippen LogP contribution in [0.25, 0.3) is 0 Å². The number of carbonyl (C=O) groups excluding carboxylic acids is 3. The molecule has 0 saturated heterocycles. The van der Waals surface area contributed by atoms with E-state index in [1.165, 1.54) is 263 Å². The van der Waals surface area contributed by atoms with Gasteiger partial charge in [0.2, 0.25) is 0 Å². The largest absolute Gasteiger partial charge is 0.462 e. The van der Waals surface area contributed by atoms with Crippen LogP contribution in [-0.2, 0) is 28.6 Å². The van der Waals surface area contributed by atoms with E-state index < -0.39 is 6.10 Å². The van der Waals surface area contributed by atoms with Gasteiger partial charge >= 0.3 is 17.9 Å². The molecular weight excluding hydrogens is 877 g/mol. The first-order chi connectivity index (χ1) is 35.0. The Hall–Kier alpha value is -1.85. The van der Waals surface area contributed by atoms with Crippen molar-refractivity contribution < 1.29 is 28.6 Å². The lowest BCUT2D eigenvalue weighted by Crippen LogP contribution is -2.30. The molecular formula is C65H124O6. The lowest BCUT2D eigenvalue weighted by atomic mass is 10.0. The van der Waals surface area contributed by atoms with E-state index in [2.05, 4.69) is 32.9 Å². The van der Waals surface area contributed by atoms with Crippen LogP contribution in [-0.4, -0.2) is 37.2 Å². The van der Waals surface area contributed by atoms with Gasteiger partial charge in [0.05, 0.1) is 0 Å². The van der Waals surface area contributed by atoms with Crippen molar-refractivity contribution >= 4 is 17.9 Å². The zero-order chi connectivity index (χ0) is 51.4. The lowest BCUT2D eigenvalue weighted by molar-refractivity contribution is -0.167. The van der Waals surface area contributed by atoms with Gasteiger partial charge in [-0.2, -0.15) is 0 Å². The van der Waals surface area contributed by atoms with Gasteiger partial charge < -0.3 is 14.2 Å². The summed E-state index contributed by atoms with van der Waals surface area (Å²) in [5.41, 5.74) is 0. The van der Waals surface area contributed by atoms with Crippen LogP contribution in [0.5, 0.6) is 0 Å². The molecule has 6 heteroatoms. The Morgan fingerprint density at radius 1 is 0.268 bits per heavy atom. The average Bonchev–Trinajstić information content (AvgIpc) is 3.37. The summed E-state index contributed by atoms with van der Waals surface area (Å²) in [5, 5.41) is 0. The number of esters is 3. The first-order valence-corrected chi connectivity index (χ1v) is 32.2. The first kappa shape index (κ1) is 69.2. The predicted molar refractivity (Wildman–Crippen MR) is 307 cm³/mol. The summed E-state index contributed by atoms with van der Waals surface area (Å²) in [6, 6.07) is 0. The van der Waals surface area contributed by atoms with E-state index in [9.17, 15) is 14.4 Å². The third kappa shape index (κ3) is 58.9. The molecule has 420 valence electrons. The van der Waals surface area contributed by atoms with E-state index in [4.69, 9.17) is 14.2 Å². The molecule has 0 N–H and O–H groups in total. The number of allylic oxidation sites excluding steroid dienone is 2. The highest BCUT2D eigenvalue weighted by Crippen LogP contribution is 2.18. The minimum atomic E-state index is -0.767. The van der Waals surface area contributed by atoms with Crippen molar-refractivity contribution in [2.75, 3.05) is 13.2 Å². The number of ether oxygens (including phenoxy) is 3. The lowest BCUT2D eigenvalue weighted by Gasteiger charge is -2.18. The highest BCUT2D eigenvalue weighted by molar-refractivity contribution is 5.71. The minimum absolute atomic E-state index is 0.0666. The topological polar surface area (TPSA) is 78.9 Å². The standard InChI is InChI=1S/C65H124O6/c1-4-7-10-13-16-19-22-24-25-26-27-28-29-30-31-32-33-34-35-36-37-38-39-41-43-46-49-52-55-58-64(67)70-61-62(60-69-63(66)57-54-51-48-45-42-21-18-15-12-9-6-3)71-65(68)59-56-53-50-47-44-40-23-20-17-14-11-8-5-2/h15,18,62H,4-14,16-17,19-61H2,1-3H3/b18-15-.